The summed E-state index contributed by atoms with van der Waals surface area (Å²) in [6, 6.07) is 9.26. The van der Waals surface area contributed by atoms with E-state index in [1.807, 2.05) is 36.5 Å². The van der Waals surface area contributed by atoms with Crippen LogP contribution in [0.15, 0.2) is 42.7 Å². The molecule has 2 heterocycles. The van der Waals surface area contributed by atoms with Crippen LogP contribution in [-0.4, -0.2) is 35.4 Å². The third-order valence-corrected chi connectivity index (χ3v) is 3.48. The molecule has 3 rings (SSSR count). The smallest absolute Gasteiger partial charge is 0.251 e. The van der Waals surface area contributed by atoms with Crippen LogP contribution in [0.3, 0.4) is 0 Å². The van der Waals surface area contributed by atoms with E-state index in [9.17, 15) is 4.79 Å². The van der Waals surface area contributed by atoms with Crippen molar-refractivity contribution >= 4 is 5.91 Å². The molecule has 1 N–H and O–H groups in total. The molecule has 0 saturated carbocycles. The number of ether oxygens (including phenoxy) is 1. The maximum atomic E-state index is 12.1. The second kappa shape index (κ2) is 5.09. The standard InChI is InChI=1S/C15H17N3O2/c1-15(10-20-11-15)9-16-14(19)12-3-5-13(6-4-12)18-8-2-7-17-18/h2-8H,9-11H2,1H3,(H,16,19). The molecule has 1 amide bonds. The first-order valence-electron chi connectivity index (χ1n) is 6.62. The Balaban J connectivity index is 1.63. The maximum Gasteiger partial charge on any atom is 0.251 e. The van der Waals surface area contributed by atoms with E-state index in [0.29, 0.717) is 25.3 Å². The lowest BCUT2D eigenvalue weighted by Crippen LogP contribution is -2.48. The first-order chi connectivity index (χ1) is 9.66. The molecular weight excluding hydrogens is 254 g/mol. The minimum absolute atomic E-state index is 0.0508. The number of benzene rings is 1. The lowest BCUT2D eigenvalue weighted by Gasteiger charge is -2.38. The third-order valence-electron chi connectivity index (χ3n) is 3.48. The number of hydrogen-bond donors (Lipinski definition) is 1. The van der Waals surface area contributed by atoms with E-state index in [1.165, 1.54) is 0 Å². The molecule has 1 saturated heterocycles. The van der Waals surface area contributed by atoms with E-state index in [-0.39, 0.29) is 11.3 Å². The zero-order chi connectivity index (χ0) is 14.0. The zero-order valence-electron chi connectivity index (χ0n) is 11.4. The van der Waals surface area contributed by atoms with E-state index in [4.69, 9.17) is 4.74 Å². The Bertz CT molecular complexity index is 586. The number of aromatic nitrogens is 2. The molecule has 2 aromatic rings. The molecule has 104 valence electrons. The molecule has 0 radical (unpaired) electrons. The first-order valence-corrected chi connectivity index (χ1v) is 6.62. The number of carbonyl (C=O) groups excluding carboxylic acids is 1. The van der Waals surface area contributed by atoms with Crippen LogP contribution in [0.2, 0.25) is 0 Å². The number of rotatable bonds is 4. The van der Waals surface area contributed by atoms with Crippen LogP contribution in [0.25, 0.3) is 5.69 Å². The predicted molar refractivity (Wildman–Crippen MR) is 74.8 cm³/mol. The Kier molecular flexibility index (Phi) is 3.28. The molecule has 0 aliphatic carbocycles. The van der Waals surface area contributed by atoms with Crippen LogP contribution in [-0.2, 0) is 4.74 Å². The SMILES string of the molecule is CC1(CNC(=O)c2ccc(-n3cccn3)cc2)COC1. The Morgan fingerprint density at radius 1 is 1.40 bits per heavy atom. The van der Waals surface area contributed by atoms with Crippen LogP contribution in [0, 0.1) is 5.41 Å². The van der Waals surface area contributed by atoms with Gasteiger partial charge in [0.25, 0.3) is 5.91 Å². The fourth-order valence-corrected chi connectivity index (χ4v) is 2.14. The molecule has 0 bridgehead atoms. The minimum Gasteiger partial charge on any atom is -0.380 e. The molecule has 0 atom stereocenters. The van der Waals surface area contributed by atoms with Gasteiger partial charge in [0.1, 0.15) is 0 Å². The molecule has 1 aliphatic heterocycles. The van der Waals surface area contributed by atoms with Crippen LogP contribution in [0.5, 0.6) is 0 Å². The van der Waals surface area contributed by atoms with E-state index >= 15 is 0 Å². The summed E-state index contributed by atoms with van der Waals surface area (Å²) in [5.74, 6) is -0.0508. The largest absolute Gasteiger partial charge is 0.380 e. The third kappa shape index (κ3) is 2.58. The van der Waals surface area contributed by atoms with Gasteiger partial charge in [0, 0.05) is 29.9 Å². The monoisotopic (exact) mass is 271 g/mol. The van der Waals surface area contributed by atoms with Crippen molar-refractivity contribution < 1.29 is 9.53 Å². The summed E-state index contributed by atoms with van der Waals surface area (Å²) in [5, 5.41) is 7.10. The number of carbonyl (C=O) groups is 1. The average Bonchev–Trinajstić information content (AvgIpc) is 2.97. The lowest BCUT2D eigenvalue weighted by atomic mass is 9.88. The predicted octanol–water partition coefficient (Wildman–Crippen LogP) is 1.64. The van der Waals surface area contributed by atoms with Crippen LogP contribution < -0.4 is 5.32 Å². The average molecular weight is 271 g/mol. The lowest BCUT2D eigenvalue weighted by molar-refractivity contribution is -0.0978. The summed E-state index contributed by atoms with van der Waals surface area (Å²) in [6.45, 7) is 4.18. The Labute approximate surface area is 117 Å². The second-order valence-electron chi connectivity index (χ2n) is 5.48. The van der Waals surface area contributed by atoms with Gasteiger partial charge in [-0.25, -0.2) is 4.68 Å². The Morgan fingerprint density at radius 2 is 2.15 bits per heavy atom. The highest BCUT2D eigenvalue weighted by molar-refractivity contribution is 5.94. The van der Waals surface area contributed by atoms with Gasteiger partial charge in [-0.2, -0.15) is 5.10 Å². The van der Waals surface area contributed by atoms with E-state index < -0.39 is 0 Å². The topological polar surface area (TPSA) is 56.2 Å². The molecule has 0 spiro atoms. The van der Waals surface area contributed by atoms with Gasteiger partial charge in [0.05, 0.1) is 18.9 Å². The zero-order valence-corrected chi connectivity index (χ0v) is 11.4. The van der Waals surface area contributed by atoms with Gasteiger partial charge in [0.2, 0.25) is 0 Å². The minimum atomic E-state index is -0.0508. The van der Waals surface area contributed by atoms with Crippen molar-refractivity contribution in [1.29, 1.82) is 0 Å². The highest BCUT2D eigenvalue weighted by atomic mass is 16.5. The van der Waals surface area contributed by atoms with Crippen molar-refractivity contribution in [3.8, 4) is 5.69 Å². The number of nitrogens with one attached hydrogen (secondary N) is 1. The summed E-state index contributed by atoms with van der Waals surface area (Å²) in [6.07, 6.45) is 3.59. The van der Waals surface area contributed by atoms with Gasteiger partial charge in [-0.05, 0) is 30.3 Å². The molecule has 1 aliphatic rings. The van der Waals surface area contributed by atoms with Crippen molar-refractivity contribution in [2.24, 2.45) is 5.41 Å². The normalized spacial score (nSPS) is 16.4. The van der Waals surface area contributed by atoms with Crippen molar-refractivity contribution in [2.45, 2.75) is 6.92 Å². The second-order valence-corrected chi connectivity index (χ2v) is 5.48. The first kappa shape index (κ1) is 12.9. The van der Waals surface area contributed by atoms with E-state index in [0.717, 1.165) is 5.69 Å². The Hall–Kier alpha value is -2.14. The summed E-state index contributed by atoms with van der Waals surface area (Å²) >= 11 is 0. The van der Waals surface area contributed by atoms with Crippen molar-refractivity contribution in [2.75, 3.05) is 19.8 Å². The fraction of sp³-hybridized carbons (Fsp3) is 0.333. The number of nitrogens with zero attached hydrogens (tertiary/aromatic N) is 2. The highest BCUT2D eigenvalue weighted by Gasteiger charge is 2.33. The molecule has 5 heteroatoms. The molecule has 1 fully saturated rings. The summed E-state index contributed by atoms with van der Waals surface area (Å²) in [4.78, 5) is 12.1. The quantitative estimate of drug-likeness (QED) is 0.919. The molecule has 20 heavy (non-hydrogen) atoms. The van der Waals surface area contributed by atoms with E-state index in [2.05, 4.69) is 17.3 Å². The van der Waals surface area contributed by atoms with Gasteiger partial charge >= 0.3 is 0 Å². The molecule has 1 aromatic heterocycles. The van der Waals surface area contributed by atoms with Gasteiger partial charge in [-0.1, -0.05) is 6.92 Å². The number of hydrogen-bond acceptors (Lipinski definition) is 3. The summed E-state index contributed by atoms with van der Waals surface area (Å²) < 4.78 is 6.93. The van der Waals surface area contributed by atoms with Crippen LogP contribution in [0.4, 0.5) is 0 Å². The highest BCUT2D eigenvalue weighted by Crippen LogP contribution is 2.25. The fourth-order valence-electron chi connectivity index (χ4n) is 2.14. The van der Waals surface area contributed by atoms with Gasteiger partial charge in [-0.15, -0.1) is 0 Å². The van der Waals surface area contributed by atoms with E-state index in [1.54, 1.807) is 10.9 Å². The van der Waals surface area contributed by atoms with Gasteiger partial charge in [0.15, 0.2) is 0 Å². The van der Waals surface area contributed by atoms with Crippen LogP contribution >= 0.6 is 0 Å². The maximum absolute atomic E-state index is 12.1. The summed E-state index contributed by atoms with van der Waals surface area (Å²) in [7, 11) is 0. The van der Waals surface area contributed by atoms with Crippen molar-refractivity contribution in [3.05, 3.63) is 48.3 Å². The molecule has 1 aromatic carbocycles. The molecule has 0 unspecified atom stereocenters. The molecular formula is C15H17N3O2. The summed E-state index contributed by atoms with van der Waals surface area (Å²) in [5.41, 5.74) is 1.68. The van der Waals surface area contributed by atoms with Crippen LogP contribution in [0.1, 0.15) is 17.3 Å². The van der Waals surface area contributed by atoms with Gasteiger partial charge in [-0.3, -0.25) is 4.79 Å². The Morgan fingerprint density at radius 3 is 2.70 bits per heavy atom. The van der Waals surface area contributed by atoms with Gasteiger partial charge < -0.3 is 10.1 Å². The van der Waals surface area contributed by atoms with Crippen molar-refractivity contribution in [3.63, 3.8) is 0 Å². The molecule has 5 nitrogen and oxygen atoms in total. The van der Waals surface area contributed by atoms with Crippen molar-refractivity contribution in [1.82, 2.24) is 15.1 Å². The number of amides is 1.